The Kier molecular flexibility index (Phi) is 8.79. The molecular formula is C17H35N3. The summed E-state index contributed by atoms with van der Waals surface area (Å²) in [6.07, 6.45) is 4.63. The number of aromatic nitrogens is 2. The molecule has 2 rings (SSSR count). The second kappa shape index (κ2) is 9.17. The first kappa shape index (κ1) is 19.2. The summed E-state index contributed by atoms with van der Waals surface area (Å²) in [5, 5.41) is 0. The van der Waals surface area contributed by atoms with Gasteiger partial charge in [0.05, 0.1) is 5.69 Å². The normalized spacial score (nSPS) is 17.6. The van der Waals surface area contributed by atoms with Gasteiger partial charge in [-0.2, -0.15) is 0 Å². The highest BCUT2D eigenvalue weighted by molar-refractivity contribution is 5.03. The third-order valence-corrected chi connectivity index (χ3v) is 3.91. The number of piperidine rings is 1. The van der Waals surface area contributed by atoms with Gasteiger partial charge in [0.15, 0.2) is 0 Å². The summed E-state index contributed by atoms with van der Waals surface area (Å²) in [6.45, 7) is 18.3. The Hall–Kier alpha value is -0.830. The van der Waals surface area contributed by atoms with Crippen molar-refractivity contribution in [1.82, 2.24) is 14.5 Å². The lowest BCUT2D eigenvalue weighted by Gasteiger charge is -2.36. The van der Waals surface area contributed by atoms with Gasteiger partial charge in [0.2, 0.25) is 0 Å². The second-order valence-corrected chi connectivity index (χ2v) is 5.80. The van der Waals surface area contributed by atoms with Crippen molar-refractivity contribution in [3.8, 4) is 0 Å². The molecule has 0 aliphatic carbocycles. The fourth-order valence-electron chi connectivity index (χ4n) is 2.24. The Balaban J connectivity index is 0.000000829. The van der Waals surface area contributed by atoms with Gasteiger partial charge in [-0.1, -0.05) is 41.5 Å². The molecule has 2 heterocycles. The summed E-state index contributed by atoms with van der Waals surface area (Å²) in [6, 6.07) is 0. The molecule has 1 aliphatic rings. The molecule has 1 saturated heterocycles. The summed E-state index contributed by atoms with van der Waals surface area (Å²) < 4.78 is 2.19. The number of imidazole rings is 1. The van der Waals surface area contributed by atoms with Gasteiger partial charge in [0.25, 0.3) is 0 Å². The Labute approximate surface area is 126 Å². The molecule has 0 amide bonds. The smallest absolute Gasteiger partial charge is 0.105 e. The zero-order valence-corrected chi connectivity index (χ0v) is 15.0. The molecule has 0 saturated carbocycles. The highest BCUT2D eigenvalue weighted by Gasteiger charge is 2.25. The molecular weight excluding hydrogens is 246 g/mol. The largest absolute Gasteiger partial charge is 0.334 e. The van der Waals surface area contributed by atoms with E-state index in [4.69, 9.17) is 0 Å². The van der Waals surface area contributed by atoms with Crippen molar-refractivity contribution in [2.45, 2.75) is 67.9 Å². The van der Waals surface area contributed by atoms with E-state index in [1.54, 1.807) is 0 Å². The minimum absolute atomic E-state index is 0.541. The van der Waals surface area contributed by atoms with E-state index in [0.29, 0.717) is 5.41 Å². The van der Waals surface area contributed by atoms with E-state index in [0.717, 1.165) is 12.4 Å². The van der Waals surface area contributed by atoms with Crippen LogP contribution in [-0.2, 0) is 13.6 Å². The summed E-state index contributed by atoms with van der Waals surface area (Å²) in [5.74, 6) is 1.10. The van der Waals surface area contributed by atoms with Crippen molar-refractivity contribution >= 4 is 0 Å². The monoisotopic (exact) mass is 281 g/mol. The SMILES string of the molecule is CC.CC.Cc1ncc(CN2CCC(C)(C)CC2)n1C. The van der Waals surface area contributed by atoms with Crippen LogP contribution in [0.25, 0.3) is 0 Å². The Morgan fingerprint density at radius 2 is 1.60 bits per heavy atom. The maximum atomic E-state index is 4.35. The molecule has 1 fully saturated rings. The van der Waals surface area contributed by atoms with E-state index in [2.05, 4.69) is 42.3 Å². The van der Waals surface area contributed by atoms with Crippen molar-refractivity contribution in [1.29, 1.82) is 0 Å². The average molecular weight is 281 g/mol. The van der Waals surface area contributed by atoms with E-state index in [1.807, 2.05) is 33.9 Å². The van der Waals surface area contributed by atoms with E-state index in [1.165, 1.54) is 31.6 Å². The number of likely N-dealkylation sites (tertiary alicyclic amines) is 1. The van der Waals surface area contributed by atoms with Gasteiger partial charge in [-0.25, -0.2) is 4.98 Å². The van der Waals surface area contributed by atoms with Crippen LogP contribution >= 0.6 is 0 Å². The van der Waals surface area contributed by atoms with Gasteiger partial charge in [-0.05, 0) is 38.3 Å². The molecule has 1 aromatic rings. The molecule has 1 aromatic heterocycles. The van der Waals surface area contributed by atoms with Crippen LogP contribution in [0, 0.1) is 12.3 Å². The van der Waals surface area contributed by atoms with Crippen LogP contribution in [0.15, 0.2) is 6.20 Å². The van der Waals surface area contributed by atoms with Gasteiger partial charge in [0.1, 0.15) is 5.82 Å². The first-order valence-electron chi connectivity index (χ1n) is 8.17. The average Bonchev–Trinajstić information content (AvgIpc) is 2.77. The molecule has 0 N–H and O–H groups in total. The van der Waals surface area contributed by atoms with Crippen molar-refractivity contribution < 1.29 is 0 Å². The molecule has 0 radical (unpaired) electrons. The highest BCUT2D eigenvalue weighted by Crippen LogP contribution is 2.30. The maximum Gasteiger partial charge on any atom is 0.105 e. The first-order chi connectivity index (χ1) is 9.48. The van der Waals surface area contributed by atoms with E-state index in [-0.39, 0.29) is 0 Å². The number of aryl methyl sites for hydroxylation is 1. The predicted molar refractivity (Wildman–Crippen MR) is 88.9 cm³/mol. The quantitative estimate of drug-likeness (QED) is 0.801. The molecule has 0 bridgehead atoms. The molecule has 0 atom stereocenters. The van der Waals surface area contributed by atoms with Gasteiger partial charge >= 0.3 is 0 Å². The minimum atomic E-state index is 0.541. The van der Waals surface area contributed by atoms with Crippen molar-refractivity contribution in [2.75, 3.05) is 13.1 Å². The number of hydrogen-bond acceptors (Lipinski definition) is 2. The first-order valence-corrected chi connectivity index (χ1v) is 8.17. The third-order valence-electron chi connectivity index (χ3n) is 3.91. The molecule has 0 unspecified atom stereocenters. The molecule has 20 heavy (non-hydrogen) atoms. The van der Waals surface area contributed by atoms with Crippen LogP contribution < -0.4 is 0 Å². The Morgan fingerprint density at radius 1 is 1.10 bits per heavy atom. The lowest BCUT2D eigenvalue weighted by atomic mass is 9.83. The second-order valence-electron chi connectivity index (χ2n) is 5.80. The van der Waals surface area contributed by atoms with Crippen molar-refractivity contribution in [3.63, 3.8) is 0 Å². The molecule has 3 nitrogen and oxygen atoms in total. The highest BCUT2D eigenvalue weighted by atomic mass is 15.2. The minimum Gasteiger partial charge on any atom is -0.334 e. The summed E-state index contributed by atoms with van der Waals surface area (Å²) in [7, 11) is 2.10. The van der Waals surface area contributed by atoms with E-state index >= 15 is 0 Å². The van der Waals surface area contributed by atoms with Gasteiger partial charge in [-0.3, -0.25) is 4.90 Å². The standard InChI is InChI=1S/C13H23N3.2C2H6/c1-11-14-9-12(15(11)4)10-16-7-5-13(2,3)6-8-16;2*1-2/h9H,5-8,10H2,1-4H3;2*1-2H3. The van der Waals surface area contributed by atoms with Crippen LogP contribution in [-0.4, -0.2) is 27.5 Å². The Bertz CT molecular complexity index is 356. The van der Waals surface area contributed by atoms with E-state index < -0.39 is 0 Å². The molecule has 118 valence electrons. The molecule has 1 aliphatic heterocycles. The lowest BCUT2D eigenvalue weighted by molar-refractivity contribution is 0.125. The zero-order valence-electron chi connectivity index (χ0n) is 15.0. The van der Waals surface area contributed by atoms with Crippen LogP contribution in [0.3, 0.4) is 0 Å². The van der Waals surface area contributed by atoms with Crippen LogP contribution in [0.4, 0.5) is 0 Å². The molecule has 0 aromatic carbocycles. The zero-order chi connectivity index (χ0) is 15.8. The van der Waals surface area contributed by atoms with Crippen LogP contribution in [0.1, 0.15) is 65.9 Å². The summed E-state index contributed by atoms with van der Waals surface area (Å²) in [5.41, 5.74) is 1.87. The molecule has 0 spiro atoms. The number of rotatable bonds is 2. The van der Waals surface area contributed by atoms with E-state index in [9.17, 15) is 0 Å². The lowest BCUT2D eigenvalue weighted by Crippen LogP contribution is -2.37. The van der Waals surface area contributed by atoms with Crippen molar-refractivity contribution in [3.05, 3.63) is 17.7 Å². The fourth-order valence-corrected chi connectivity index (χ4v) is 2.24. The number of hydrogen-bond donors (Lipinski definition) is 0. The molecule has 3 heteroatoms. The topological polar surface area (TPSA) is 21.1 Å². The third kappa shape index (κ3) is 5.66. The predicted octanol–water partition coefficient (Wildman–Crippen LogP) is 4.40. The van der Waals surface area contributed by atoms with Gasteiger partial charge < -0.3 is 4.57 Å². The Morgan fingerprint density at radius 3 is 2.00 bits per heavy atom. The van der Waals surface area contributed by atoms with Crippen LogP contribution in [0.5, 0.6) is 0 Å². The summed E-state index contributed by atoms with van der Waals surface area (Å²) >= 11 is 0. The van der Waals surface area contributed by atoms with Crippen LogP contribution in [0.2, 0.25) is 0 Å². The van der Waals surface area contributed by atoms with Gasteiger partial charge in [0, 0.05) is 19.8 Å². The maximum absolute atomic E-state index is 4.35. The van der Waals surface area contributed by atoms with Crippen molar-refractivity contribution in [2.24, 2.45) is 12.5 Å². The fraction of sp³-hybridized carbons (Fsp3) is 0.824. The van der Waals surface area contributed by atoms with Gasteiger partial charge in [-0.15, -0.1) is 0 Å². The number of nitrogens with zero attached hydrogens (tertiary/aromatic N) is 3. The summed E-state index contributed by atoms with van der Waals surface area (Å²) in [4.78, 5) is 6.89.